The molecule has 0 spiro atoms. The van der Waals surface area contributed by atoms with Crippen LogP contribution in [-0.4, -0.2) is 12.8 Å². The van der Waals surface area contributed by atoms with Gasteiger partial charge < -0.3 is 4.74 Å². The maximum absolute atomic E-state index is 12.9. The molecule has 0 heterocycles. The topological polar surface area (TPSA) is 9.23 Å². The summed E-state index contributed by atoms with van der Waals surface area (Å²) in [5, 5.41) is 0. The van der Waals surface area contributed by atoms with E-state index < -0.39 is 18.6 Å². The van der Waals surface area contributed by atoms with Gasteiger partial charge in [-0.1, -0.05) is 27.2 Å². The van der Waals surface area contributed by atoms with E-state index >= 15 is 0 Å². The van der Waals surface area contributed by atoms with Crippen molar-refractivity contribution in [3.8, 4) is 5.75 Å². The predicted molar refractivity (Wildman–Crippen MR) is 63.3 cm³/mol. The highest BCUT2D eigenvalue weighted by Crippen LogP contribution is 2.24. The zero-order chi connectivity index (χ0) is 14.2. The lowest BCUT2D eigenvalue weighted by Gasteiger charge is -2.12. The summed E-state index contributed by atoms with van der Waals surface area (Å²) in [6.45, 7) is 4.51. The Morgan fingerprint density at radius 1 is 1.17 bits per heavy atom. The number of rotatable bonds is 4. The zero-order valence-corrected chi connectivity index (χ0v) is 10.8. The molecule has 104 valence electrons. The van der Waals surface area contributed by atoms with E-state index in [-0.39, 0.29) is 5.75 Å². The average Bonchev–Trinajstić information content (AvgIpc) is 2.30. The summed E-state index contributed by atoms with van der Waals surface area (Å²) < 4.78 is 53.3. The molecule has 1 aromatic rings. The molecule has 1 nitrogen and oxygen atoms in total. The number of alkyl halides is 3. The van der Waals surface area contributed by atoms with Crippen LogP contribution in [0.3, 0.4) is 0 Å². The van der Waals surface area contributed by atoms with Crippen molar-refractivity contribution in [1.82, 2.24) is 0 Å². The Hall–Kier alpha value is -1.26. The van der Waals surface area contributed by atoms with E-state index in [1.165, 1.54) is 12.1 Å². The van der Waals surface area contributed by atoms with Crippen LogP contribution in [0.15, 0.2) is 18.2 Å². The van der Waals surface area contributed by atoms with E-state index in [1.54, 1.807) is 0 Å². The first kappa shape index (κ1) is 16.7. The largest absolute Gasteiger partial charge is 0.484 e. The highest BCUT2D eigenvalue weighted by atomic mass is 19.4. The molecule has 0 aromatic heterocycles. The van der Waals surface area contributed by atoms with Gasteiger partial charge in [0.2, 0.25) is 0 Å². The SMILES string of the molecule is CC.CCCc1cc(F)ccc1OCC(F)(F)F. The lowest BCUT2D eigenvalue weighted by atomic mass is 10.1. The molecule has 0 aliphatic heterocycles. The van der Waals surface area contributed by atoms with E-state index in [2.05, 4.69) is 4.74 Å². The molecule has 0 aliphatic rings. The van der Waals surface area contributed by atoms with E-state index in [0.717, 1.165) is 6.07 Å². The Bertz CT molecular complexity index is 347. The van der Waals surface area contributed by atoms with Gasteiger partial charge in [0.25, 0.3) is 0 Å². The second-order valence-electron chi connectivity index (χ2n) is 3.41. The molecule has 0 saturated heterocycles. The third kappa shape index (κ3) is 6.47. The Morgan fingerprint density at radius 2 is 1.78 bits per heavy atom. The third-order valence-corrected chi connectivity index (χ3v) is 1.93. The van der Waals surface area contributed by atoms with Crippen molar-refractivity contribution in [2.75, 3.05) is 6.61 Å². The molecule has 5 heteroatoms. The molecule has 0 aliphatic carbocycles. The molecule has 0 atom stereocenters. The highest BCUT2D eigenvalue weighted by molar-refractivity contribution is 5.34. The van der Waals surface area contributed by atoms with Crippen LogP contribution < -0.4 is 4.74 Å². The molecule has 0 amide bonds. The van der Waals surface area contributed by atoms with Crippen LogP contribution in [0.1, 0.15) is 32.8 Å². The van der Waals surface area contributed by atoms with Gasteiger partial charge in [0, 0.05) is 0 Å². The van der Waals surface area contributed by atoms with Crippen molar-refractivity contribution in [3.63, 3.8) is 0 Å². The predicted octanol–water partition coefficient (Wildman–Crippen LogP) is 4.75. The second-order valence-corrected chi connectivity index (χ2v) is 3.41. The fourth-order valence-electron chi connectivity index (χ4n) is 1.31. The van der Waals surface area contributed by atoms with Crippen molar-refractivity contribution in [2.24, 2.45) is 0 Å². The summed E-state index contributed by atoms with van der Waals surface area (Å²) in [4.78, 5) is 0. The number of hydrogen-bond donors (Lipinski definition) is 0. The first-order valence-corrected chi connectivity index (χ1v) is 5.90. The molecule has 0 N–H and O–H groups in total. The van der Waals surface area contributed by atoms with Gasteiger partial charge in [-0.2, -0.15) is 13.2 Å². The number of benzene rings is 1. The summed E-state index contributed by atoms with van der Waals surface area (Å²) in [6, 6.07) is 3.52. The third-order valence-electron chi connectivity index (χ3n) is 1.93. The Kier molecular flexibility index (Phi) is 7.39. The zero-order valence-electron chi connectivity index (χ0n) is 10.8. The van der Waals surface area contributed by atoms with Crippen LogP contribution >= 0.6 is 0 Å². The van der Waals surface area contributed by atoms with Crippen LogP contribution in [0.4, 0.5) is 17.6 Å². The van der Waals surface area contributed by atoms with Crippen LogP contribution in [0, 0.1) is 5.82 Å². The fourth-order valence-corrected chi connectivity index (χ4v) is 1.31. The van der Waals surface area contributed by atoms with Gasteiger partial charge in [-0.15, -0.1) is 0 Å². The second kappa shape index (κ2) is 7.95. The van der Waals surface area contributed by atoms with Crippen molar-refractivity contribution >= 4 is 0 Å². The number of hydrogen-bond acceptors (Lipinski definition) is 1. The van der Waals surface area contributed by atoms with Crippen LogP contribution in [0.25, 0.3) is 0 Å². The van der Waals surface area contributed by atoms with Gasteiger partial charge in [0.1, 0.15) is 11.6 Å². The van der Waals surface area contributed by atoms with Gasteiger partial charge in [-0.3, -0.25) is 0 Å². The molecule has 1 aromatic carbocycles. The maximum atomic E-state index is 12.9. The van der Waals surface area contributed by atoms with Crippen LogP contribution in [0.2, 0.25) is 0 Å². The van der Waals surface area contributed by atoms with Gasteiger partial charge >= 0.3 is 6.18 Å². The minimum atomic E-state index is -4.38. The minimum Gasteiger partial charge on any atom is -0.484 e. The van der Waals surface area contributed by atoms with E-state index in [9.17, 15) is 17.6 Å². The molecular weight excluding hydrogens is 248 g/mol. The normalized spacial score (nSPS) is 10.6. The van der Waals surface area contributed by atoms with Gasteiger partial charge in [-0.05, 0) is 30.2 Å². The molecule has 0 radical (unpaired) electrons. The highest BCUT2D eigenvalue weighted by Gasteiger charge is 2.28. The quantitative estimate of drug-likeness (QED) is 0.715. The first-order valence-electron chi connectivity index (χ1n) is 5.90. The molecule has 0 fully saturated rings. The lowest BCUT2D eigenvalue weighted by Crippen LogP contribution is -2.19. The molecule has 0 saturated carbocycles. The molecule has 0 unspecified atom stereocenters. The number of aryl methyl sites for hydroxylation is 1. The maximum Gasteiger partial charge on any atom is 0.422 e. The monoisotopic (exact) mass is 266 g/mol. The molecule has 1 rings (SSSR count). The molecule has 0 bridgehead atoms. The summed E-state index contributed by atoms with van der Waals surface area (Å²) in [7, 11) is 0. The molecule has 18 heavy (non-hydrogen) atoms. The lowest BCUT2D eigenvalue weighted by molar-refractivity contribution is -0.153. The number of halogens is 4. The molecular formula is C13H18F4O. The first-order chi connectivity index (χ1) is 8.42. The Morgan fingerprint density at radius 3 is 2.28 bits per heavy atom. The van der Waals surface area contributed by atoms with E-state index in [0.29, 0.717) is 18.4 Å². The van der Waals surface area contributed by atoms with Gasteiger partial charge in [0.15, 0.2) is 6.61 Å². The average molecular weight is 266 g/mol. The van der Waals surface area contributed by atoms with Crippen LogP contribution in [-0.2, 0) is 6.42 Å². The van der Waals surface area contributed by atoms with E-state index in [1.807, 2.05) is 20.8 Å². The number of ether oxygens (including phenoxy) is 1. The van der Waals surface area contributed by atoms with Crippen molar-refractivity contribution < 1.29 is 22.3 Å². The standard InChI is InChI=1S/C11H12F4O.C2H6/c1-2-3-8-6-9(12)4-5-10(8)16-7-11(13,14)15;1-2/h4-6H,2-3,7H2,1H3;1-2H3. The summed E-state index contributed by atoms with van der Waals surface area (Å²) >= 11 is 0. The smallest absolute Gasteiger partial charge is 0.422 e. The van der Waals surface area contributed by atoms with Gasteiger partial charge in [0.05, 0.1) is 0 Å². The van der Waals surface area contributed by atoms with Crippen LogP contribution in [0.5, 0.6) is 5.75 Å². The minimum absolute atomic E-state index is 0.0978. The van der Waals surface area contributed by atoms with Crippen molar-refractivity contribution in [2.45, 2.75) is 39.8 Å². The fraction of sp³-hybridized carbons (Fsp3) is 0.538. The summed E-state index contributed by atoms with van der Waals surface area (Å²) in [5.74, 6) is -0.372. The van der Waals surface area contributed by atoms with Crippen molar-refractivity contribution in [1.29, 1.82) is 0 Å². The van der Waals surface area contributed by atoms with Gasteiger partial charge in [-0.25, -0.2) is 4.39 Å². The Balaban J connectivity index is 0.00000137. The summed E-state index contributed by atoms with van der Waals surface area (Å²) in [5.41, 5.74) is 0.465. The van der Waals surface area contributed by atoms with Crippen molar-refractivity contribution in [3.05, 3.63) is 29.6 Å². The Labute approximate surface area is 105 Å². The van der Waals surface area contributed by atoms with E-state index in [4.69, 9.17) is 0 Å². The summed E-state index contributed by atoms with van der Waals surface area (Å²) in [6.07, 6.45) is -3.17.